The number of phenols is 1. The van der Waals surface area contributed by atoms with Crippen LogP contribution < -0.4 is 0 Å². The van der Waals surface area contributed by atoms with Crippen molar-refractivity contribution in [3.8, 4) is 5.75 Å². The minimum Gasteiger partial charge on any atom is -0.501 e. The molecule has 0 saturated heterocycles. The maximum absolute atomic E-state index is 11.5. The van der Waals surface area contributed by atoms with Gasteiger partial charge in [0.1, 0.15) is 18.8 Å². The number of para-hydroxylation sites is 1. The quantitative estimate of drug-likeness (QED) is 0.344. The van der Waals surface area contributed by atoms with Crippen LogP contribution in [0.5, 0.6) is 5.75 Å². The highest BCUT2D eigenvalue weighted by atomic mass is 17.0. The number of nitro benzene ring substituents is 1. The van der Waals surface area contributed by atoms with Gasteiger partial charge in [0.25, 0.3) is 5.09 Å². The lowest BCUT2D eigenvalue weighted by Crippen LogP contribution is -2.13. The van der Waals surface area contributed by atoms with Crippen LogP contribution in [0.4, 0.5) is 5.69 Å². The van der Waals surface area contributed by atoms with E-state index in [0.29, 0.717) is 0 Å². The first kappa shape index (κ1) is 14.2. The van der Waals surface area contributed by atoms with Crippen molar-refractivity contribution in [1.82, 2.24) is 0 Å². The third-order valence-corrected chi connectivity index (χ3v) is 1.94. The van der Waals surface area contributed by atoms with E-state index in [1.54, 1.807) is 0 Å². The van der Waals surface area contributed by atoms with Gasteiger partial charge in [-0.15, -0.1) is 10.1 Å². The molecule has 1 rings (SSSR count). The molecule has 1 N–H and O–H groups in total. The first-order chi connectivity index (χ1) is 8.93. The standard InChI is InChI=1S/C9H8N2O8/c12-8-6(2-1-3-7(8)10(14)15)9(13)18-4-5-19-11(16)17/h1-3,12H,4-5H2. The molecule has 10 heteroatoms. The molecule has 0 bridgehead atoms. The molecule has 0 fully saturated rings. The molecule has 0 spiro atoms. The zero-order chi connectivity index (χ0) is 14.4. The van der Waals surface area contributed by atoms with E-state index < -0.39 is 46.2 Å². The number of carbonyl (C=O) groups is 1. The molecule has 0 saturated carbocycles. The largest absolute Gasteiger partial charge is 0.501 e. The van der Waals surface area contributed by atoms with Crippen molar-refractivity contribution >= 4 is 11.7 Å². The van der Waals surface area contributed by atoms with E-state index in [0.717, 1.165) is 12.1 Å². The number of nitro groups is 1. The lowest BCUT2D eigenvalue weighted by atomic mass is 10.2. The van der Waals surface area contributed by atoms with Crippen molar-refractivity contribution in [3.63, 3.8) is 0 Å². The number of esters is 1. The highest BCUT2D eigenvalue weighted by Crippen LogP contribution is 2.29. The molecule has 0 aromatic heterocycles. The molecule has 0 aliphatic rings. The van der Waals surface area contributed by atoms with Gasteiger partial charge in [-0.2, -0.15) is 0 Å². The summed E-state index contributed by atoms with van der Waals surface area (Å²) in [7, 11) is 0. The van der Waals surface area contributed by atoms with Gasteiger partial charge >= 0.3 is 11.7 Å². The van der Waals surface area contributed by atoms with Gasteiger partial charge in [0.2, 0.25) is 5.75 Å². The van der Waals surface area contributed by atoms with Crippen molar-refractivity contribution in [2.24, 2.45) is 0 Å². The van der Waals surface area contributed by atoms with Crippen LogP contribution in [-0.4, -0.2) is 34.3 Å². The van der Waals surface area contributed by atoms with Crippen molar-refractivity contribution in [2.45, 2.75) is 0 Å². The molecule has 19 heavy (non-hydrogen) atoms. The van der Waals surface area contributed by atoms with E-state index >= 15 is 0 Å². The van der Waals surface area contributed by atoms with Crippen LogP contribution in [0.25, 0.3) is 0 Å². The molecule has 0 heterocycles. The number of ether oxygens (including phenoxy) is 1. The summed E-state index contributed by atoms with van der Waals surface area (Å²) in [6.07, 6.45) is 0. The molecule has 0 aliphatic heterocycles. The van der Waals surface area contributed by atoms with E-state index in [4.69, 9.17) is 0 Å². The zero-order valence-corrected chi connectivity index (χ0v) is 9.35. The minimum absolute atomic E-state index is 0.407. The molecule has 0 atom stereocenters. The number of carbonyl (C=O) groups excluding carboxylic acids is 1. The Morgan fingerprint density at radius 1 is 1.26 bits per heavy atom. The number of phenolic OH excluding ortho intramolecular Hbond substituents is 1. The summed E-state index contributed by atoms with van der Waals surface area (Å²) in [5.74, 6) is -1.87. The van der Waals surface area contributed by atoms with Crippen molar-refractivity contribution < 1.29 is 29.5 Å². The Morgan fingerprint density at radius 3 is 2.53 bits per heavy atom. The highest BCUT2D eigenvalue weighted by Gasteiger charge is 2.21. The van der Waals surface area contributed by atoms with Crippen molar-refractivity contribution in [1.29, 1.82) is 0 Å². The molecule has 0 radical (unpaired) electrons. The summed E-state index contributed by atoms with van der Waals surface area (Å²) in [6, 6.07) is 3.34. The van der Waals surface area contributed by atoms with Gasteiger partial charge in [0.15, 0.2) is 0 Å². The first-order valence-corrected chi connectivity index (χ1v) is 4.84. The van der Waals surface area contributed by atoms with Crippen molar-refractivity contribution in [3.05, 3.63) is 44.0 Å². The van der Waals surface area contributed by atoms with Crippen LogP contribution in [0, 0.1) is 20.2 Å². The Morgan fingerprint density at radius 2 is 1.95 bits per heavy atom. The van der Waals surface area contributed by atoms with Crippen LogP contribution in [0.15, 0.2) is 18.2 Å². The zero-order valence-electron chi connectivity index (χ0n) is 9.35. The highest BCUT2D eigenvalue weighted by molar-refractivity contribution is 5.93. The summed E-state index contributed by atoms with van der Waals surface area (Å²) in [5.41, 5.74) is -1.05. The fourth-order valence-corrected chi connectivity index (χ4v) is 1.17. The van der Waals surface area contributed by atoms with Crippen LogP contribution in [-0.2, 0) is 9.57 Å². The average molecular weight is 272 g/mol. The van der Waals surface area contributed by atoms with E-state index in [1.807, 2.05) is 0 Å². The van der Waals surface area contributed by atoms with E-state index in [2.05, 4.69) is 9.57 Å². The fourth-order valence-electron chi connectivity index (χ4n) is 1.17. The molecular formula is C9H8N2O8. The van der Waals surface area contributed by atoms with Gasteiger partial charge in [-0.3, -0.25) is 10.1 Å². The minimum atomic E-state index is -1.06. The van der Waals surface area contributed by atoms with Gasteiger partial charge in [0, 0.05) is 6.07 Å². The Labute approximate surface area is 105 Å². The van der Waals surface area contributed by atoms with Gasteiger partial charge < -0.3 is 14.7 Å². The van der Waals surface area contributed by atoms with Crippen LogP contribution in [0.2, 0.25) is 0 Å². The SMILES string of the molecule is O=C(OCCO[N+](=O)[O-])c1cccc([N+](=O)[O-])c1O. The second-order valence-corrected chi connectivity index (χ2v) is 3.12. The molecule has 102 valence electrons. The lowest BCUT2D eigenvalue weighted by molar-refractivity contribution is -0.757. The Hall–Kier alpha value is -2.91. The average Bonchev–Trinajstić information content (AvgIpc) is 2.34. The third kappa shape index (κ3) is 3.80. The maximum atomic E-state index is 11.5. The second-order valence-electron chi connectivity index (χ2n) is 3.12. The van der Waals surface area contributed by atoms with Gasteiger partial charge in [-0.05, 0) is 6.07 Å². The number of hydrogen-bond donors (Lipinski definition) is 1. The molecule has 0 aliphatic carbocycles. The number of benzene rings is 1. The van der Waals surface area contributed by atoms with E-state index in [-0.39, 0.29) is 0 Å². The predicted octanol–water partition coefficient (Wildman–Crippen LogP) is 0.665. The lowest BCUT2D eigenvalue weighted by Gasteiger charge is -2.05. The summed E-state index contributed by atoms with van der Waals surface area (Å²) < 4.78 is 4.54. The molecule has 1 aromatic rings. The van der Waals surface area contributed by atoms with Crippen LogP contribution >= 0.6 is 0 Å². The van der Waals surface area contributed by atoms with Gasteiger partial charge in [-0.1, -0.05) is 6.07 Å². The number of rotatable bonds is 6. The normalized spacial score (nSPS) is 9.68. The summed E-state index contributed by atoms with van der Waals surface area (Å²) >= 11 is 0. The Kier molecular flexibility index (Phi) is 4.57. The van der Waals surface area contributed by atoms with Crippen LogP contribution in [0.3, 0.4) is 0 Å². The summed E-state index contributed by atoms with van der Waals surface area (Å²) in [5, 5.41) is 28.8. The molecule has 0 amide bonds. The number of aromatic hydroxyl groups is 1. The smallest absolute Gasteiger partial charge is 0.342 e. The van der Waals surface area contributed by atoms with Crippen LogP contribution in [0.1, 0.15) is 10.4 Å². The predicted molar refractivity (Wildman–Crippen MR) is 58.0 cm³/mol. The fraction of sp³-hybridized carbons (Fsp3) is 0.222. The second kappa shape index (κ2) is 6.14. The summed E-state index contributed by atoms with van der Waals surface area (Å²) in [4.78, 5) is 34.8. The Balaban J connectivity index is 2.70. The molecular weight excluding hydrogens is 264 g/mol. The third-order valence-electron chi connectivity index (χ3n) is 1.94. The first-order valence-electron chi connectivity index (χ1n) is 4.84. The number of hydrogen-bond acceptors (Lipinski definition) is 8. The molecule has 0 unspecified atom stereocenters. The maximum Gasteiger partial charge on any atom is 0.342 e. The van der Waals surface area contributed by atoms with E-state index in [9.17, 15) is 30.1 Å². The number of nitrogens with zero attached hydrogens (tertiary/aromatic N) is 2. The van der Waals surface area contributed by atoms with Gasteiger partial charge in [0.05, 0.1) is 4.92 Å². The summed E-state index contributed by atoms with van der Waals surface area (Å²) in [6.45, 7) is -0.906. The molecule has 1 aromatic carbocycles. The van der Waals surface area contributed by atoms with Gasteiger partial charge in [-0.25, -0.2) is 4.79 Å². The molecule has 10 nitrogen and oxygen atoms in total. The van der Waals surface area contributed by atoms with E-state index in [1.165, 1.54) is 6.07 Å². The topological polar surface area (TPSA) is 142 Å². The monoisotopic (exact) mass is 272 g/mol. The Bertz CT molecular complexity index is 515. The van der Waals surface area contributed by atoms with Crippen molar-refractivity contribution in [2.75, 3.05) is 13.2 Å².